The second kappa shape index (κ2) is 5.23. The number of hydrogen-bond donors (Lipinski definition) is 2. The van der Waals surface area contributed by atoms with Gasteiger partial charge in [-0.15, -0.1) is 0 Å². The minimum Gasteiger partial charge on any atom is -0.386 e. The lowest BCUT2D eigenvalue weighted by Gasteiger charge is -2.09. The maximum absolute atomic E-state index is 6.87. The molecule has 0 aromatic heterocycles. The number of hydrogen-bond acceptors (Lipinski definition) is 2. The van der Waals surface area contributed by atoms with E-state index in [9.17, 15) is 0 Å². The first-order valence-electron chi connectivity index (χ1n) is 3.61. The molecule has 3 nitrogen and oxygen atoms in total. The van der Waals surface area contributed by atoms with Gasteiger partial charge in [-0.25, -0.2) is 0 Å². The van der Waals surface area contributed by atoms with E-state index in [0.29, 0.717) is 0 Å². The Bertz CT molecular complexity index is 104. The van der Waals surface area contributed by atoms with Gasteiger partial charge < -0.3 is 10.5 Å². The molecule has 0 aliphatic heterocycles. The molecule has 0 radical (unpaired) electrons. The molecule has 0 aliphatic carbocycles. The molecule has 0 bridgehead atoms. The highest BCUT2D eigenvalue weighted by Crippen LogP contribution is 1.99. The predicted molar refractivity (Wildman–Crippen MR) is 42.2 cm³/mol. The number of ether oxygens (including phenoxy) is 1. The first-order chi connectivity index (χ1) is 4.66. The van der Waals surface area contributed by atoms with Crippen molar-refractivity contribution in [1.82, 2.24) is 0 Å². The van der Waals surface area contributed by atoms with Gasteiger partial charge in [-0.3, -0.25) is 5.41 Å². The Morgan fingerprint density at radius 1 is 1.70 bits per heavy atom. The van der Waals surface area contributed by atoms with E-state index in [4.69, 9.17) is 15.9 Å². The van der Waals surface area contributed by atoms with Crippen LogP contribution in [0.15, 0.2) is 0 Å². The van der Waals surface area contributed by atoms with Crippen molar-refractivity contribution in [3.63, 3.8) is 0 Å². The highest BCUT2D eigenvalue weighted by Gasteiger charge is 1.99. The van der Waals surface area contributed by atoms with E-state index in [-0.39, 0.29) is 18.5 Å². The van der Waals surface area contributed by atoms with E-state index in [0.717, 1.165) is 12.8 Å². The fourth-order valence-electron chi connectivity index (χ4n) is 0.722. The first kappa shape index (κ1) is 9.43. The fourth-order valence-corrected chi connectivity index (χ4v) is 0.722. The van der Waals surface area contributed by atoms with Crippen LogP contribution < -0.4 is 5.73 Å². The molecule has 60 valence electrons. The van der Waals surface area contributed by atoms with Gasteiger partial charge in [-0.2, -0.15) is 0 Å². The molecule has 0 heterocycles. The molecule has 0 spiro atoms. The van der Waals surface area contributed by atoms with Gasteiger partial charge in [0.2, 0.25) is 0 Å². The SMILES string of the molecule is CCCC(C)OCC(=N)N. The van der Waals surface area contributed by atoms with Crippen LogP contribution in [0, 0.1) is 5.41 Å². The van der Waals surface area contributed by atoms with Crippen LogP contribution in [-0.4, -0.2) is 18.5 Å². The number of nitrogens with two attached hydrogens (primary N) is 1. The highest BCUT2D eigenvalue weighted by molar-refractivity contribution is 5.78. The van der Waals surface area contributed by atoms with Crippen molar-refractivity contribution < 1.29 is 4.74 Å². The van der Waals surface area contributed by atoms with Crippen molar-refractivity contribution >= 4 is 5.84 Å². The summed E-state index contributed by atoms with van der Waals surface area (Å²) in [6.07, 6.45) is 2.38. The third-order valence-electron chi connectivity index (χ3n) is 1.22. The molecule has 0 saturated heterocycles. The van der Waals surface area contributed by atoms with Crippen LogP contribution in [0.3, 0.4) is 0 Å². The zero-order chi connectivity index (χ0) is 7.98. The molecule has 10 heavy (non-hydrogen) atoms. The summed E-state index contributed by atoms with van der Waals surface area (Å²) in [5.74, 6) is 0.1000. The summed E-state index contributed by atoms with van der Waals surface area (Å²) < 4.78 is 5.19. The first-order valence-corrected chi connectivity index (χ1v) is 3.61. The topological polar surface area (TPSA) is 59.1 Å². The lowest BCUT2D eigenvalue weighted by atomic mass is 10.2. The average Bonchev–Trinajstić information content (AvgIpc) is 1.85. The normalized spacial score (nSPS) is 13.0. The van der Waals surface area contributed by atoms with Gasteiger partial charge in [0, 0.05) is 0 Å². The average molecular weight is 144 g/mol. The fraction of sp³-hybridized carbons (Fsp3) is 0.857. The quantitative estimate of drug-likeness (QED) is 0.449. The molecular formula is C7H16N2O. The molecule has 3 N–H and O–H groups in total. The molecule has 1 unspecified atom stereocenters. The summed E-state index contributed by atoms with van der Waals surface area (Å²) in [7, 11) is 0. The highest BCUT2D eigenvalue weighted by atomic mass is 16.5. The van der Waals surface area contributed by atoms with Gasteiger partial charge in [0.15, 0.2) is 0 Å². The molecule has 0 amide bonds. The molecule has 3 heteroatoms. The monoisotopic (exact) mass is 144 g/mol. The molecule has 0 aromatic rings. The number of rotatable bonds is 5. The van der Waals surface area contributed by atoms with Crippen molar-refractivity contribution in [3.05, 3.63) is 0 Å². The maximum atomic E-state index is 6.87. The molecule has 0 fully saturated rings. The summed E-state index contributed by atoms with van der Waals surface area (Å²) in [5.41, 5.74) is 5.10. The van der Waals surface area contributed by atoms with Crippen LogP contribution in [0.1, 0.15) is 26.7 Å². The smallest absolute Gasteiger partial charge is 0.117 e. The van der Waals surface area contributed by atoms with Crippen molar-refractivity contribution in [2.45, 2.75) is 32.8 Å². The van der Waals surface area contributed by atoms with Gasteiger partial charge in [0.25, 0.3) is 0 Å². The van der Waals surface area contributed by atoms with Gasteiger partial charge in [0.1, 0.15) is 12.4 Å². The zero-order valence-corrected chi connectivity index (χ0v) is 6.68. The second-order valence-corrected chi connectivity index (χ2v) is 2.44. The molecule has 0 aliphatic rings. The summed E-state index contributed by atoms with van der Waals surface area (Å²) in [6, 6.07) is 0. The Labute approximate surface area is 62.1 Å². The zero-order valence-electron chi connectivity index (χ0n) is 6.68. The van der Waals surface area contributed by atoms with Gasteiger partial charge in [0.05, 0.1) is 6.10 Å². The van der Waals surface area contributed by atoms with Crippen LogP contribution in [-0.2, 0) is 4.74 Å². The summed E-state index contributed by atoms with van der Waals surface area (Å²) >= 11 is 0. The number of nitrogens with one attached hydrogen (secondary N) is 1. The lowest BCUT2D eigenvalue weighted by molar-refractivity contribution is 0.0880. The van der Waals surface area contributed by atoms with E-state index in [1.807, 2.05) is 6.92 Å². The van der Waals surface area contributed by atoms with Crippen LogP contribution in [0.25, 0.3) is 0 Å². The Morgan fingerprint density at radius 2 is 2.30 bits per heavy atom. The minimum absolute atomic E-state index is 0.1000. The van der Waals surface area contributed by atoms with E-state index < -0.39 is 0 Å². The molecular weight excluding hydrogens is 128 g/mol. The van der Waals surface area contributed by atoms with Crippen molar-refractivity contribution in [1.29, 1.82) is 5.41 Å². The van der Waals surface area contributed by atoms with Crippen LogP contribution >= 0.6 is 0 Å². The molecule has 0 aromatic carbocycles. The Kier molecular flexibility index (Phi) is 4.94. The number of amidine groups is 1. The van der Waals surface area contributed by atoms with Crippen molar-refractivity contribution in [3.8, 4) is 0 Å². The van der Waals surface area contributed by atoms with E-state index in [2.05, 4.69) is 6.92 Å². The Morgan fingerprint density at radius 3 is 2.70 bits per heavy atom. The summed E-state index contributed by atoms with van der Waals surface area (Å²) in [4.78, 5) is 0. The predicted octanol–water partition coefficient (Wildman–Crippen LogP) is 1.13. The summed E-state index contributed by atoms with van der Waals surface area (Å²) in [5, 5.41) is 6.87. The van der Waals surface area contributed by atoms with Crippen LogP contribution in [0.2, 0.25) is 0 Å². The molecule has 1 atom stereocenters. The van der Waals surface area contributed by atoms with Gasteiger partial charge in [-0.05, 0) is 13.3 Å². The van der Waals surface area contributed by atoms with E-state index >= 15 is 0 Å². The van der Waals surface area contributed by atoms with Crippen molar-refractivity contribution in [2.24, 2.45) is 5.73 Å². The van der Waals surface area contributed by atoms with Crippen LogP contribution in [0.4, 0.5) is 0 Å². The molecule has 0 saturated carbocycles. The van der Waals surface area contributed by atoms with E-state index in [1.54, 1.807) is 0 Å². The molecule has 0 rings (SSSR count). The lowest BCUT2D eigenvalue weighted by Crippen LogP contribution is -2.21. The Balaban J connectivity index is 3.21. The van der Waals surface area contributed by atoms with E-state index in [1.165, 1.54) is 0 Å². The van der Waals surface area contributed by atoms with Gasteiger partial charge in [-0.1, -0.05) is 13.3 Å². The third-order valence-corrected chi connectivity index (χ3v) is 1.22. The minimum atomic E-state index is 0.1000. The second-order valence-electron chi connectivity index (χ2n) is 2.44. The van der Waals surface area contributed by atoms with Crippen LogP contribution in [0.5, 0.6) is 0 Å². The standard InChI is InChI=1S/C7H16N2O/c1-3-4-6(2)10-5-7(8)9/h6H,3-5H2,1-2H3,(H3,8,9). The Hall–Kier alpha value is -0.570. The van der Waals surface area contributed by atoms with Crippen molar-refractivity contribution in [2.75, 3.05) is 6.61 Å². The van der Waals surface area contributed by atoms with Gasteiger partial charge >= 0.3 is 0 Å². The largest absolute Gasteiger partial charge is 0.386 e. The third kappa shape index (κ3) is 5.56. The maximum Gasteiger partial charge on any atom is 0.117 e. The summed E-state index contributed by atoms with van der Waals surface area (Å²) in [6.45, 7) is 4.36.